The lowest BCUT2D eigenvalue weighted by Crippen LogP contribution is -2.64. The number of nitriles is 1. The monoisotopic (exact) mass is 480 g/mol. The molecular formula is C32H36N2O2. The molecule has 1 N–H and O–H groups in total. The Balaban J connectivity index is 1.51. The summed E-state index contributed by atoms with van der Waals surface area (Å²) in [5.74, 6) is 0.0883. The van der Waals surface area contributed by atoms with Crippen LogP contribution >= 0.6 is 0 Å². The average Bonchev–Trinajstić information content (AvgIpc) is 2.90. The van der Waals surface area contributed by atoms with E-state index in [-0.39, 0.29) is 5.78 Å². The minimum Gasteiger partial charge on any atom is -0.375 e. The summed E-state index contributed by atoms with van der Waals surface area (Å²) in [5.41, 5.74) is 1.56. The molecule has 3 aromatic rings. The minimum atomic E-state index is -1.11. The molecular weight excluding hydrogens is 444 g/mol. The highest BCUT2D eigenvalue weighted by atomic mass is 16.3. The topological polar surface area (TPSA) is 64.3 Å². The summed E-state index contributed by atoms with van der Waals surface area (Å²) in [7, 11) is 0. The SMILES string of the molecule is CC(C)(C#N)c1ccc(C(=O)CCCN2CCCC(c3ccccc3)(c3ccccc3)C2(C)O)cc1. The number of hydrogen-bond acceptors (Lipinski definition) is 4. The molecule has 0 aromatic heterocycles. The van der Waals surface area contributed by atoms with E-state index in [1.807, 2.05) is 81.4 Å². The first kappa shape index (κ1) is 25.8. The van der Waals surface area contributed by atoms with Crippen LogP contribution < -0.4 is 0 Å². The zero-order chi connectivity index (χ0) is 25.8. The van der Waals surface area contributed by atoms with Crippen LogP contribution in [0.5, 0.6) is 0 Å². The van der Waals surface area contributed by atoms with Gasteiger partial charge >= 0.3 is 0 Å². The zero-order valence-electron chi connectivity index (χ0n) is 21.6. The molecule has 0 bridgehead atoms. The van der Waals surface area contributed by atoms with Crippen LogP contribution in [0, 0.1) is 11.3 Å². The van der Waals surface area contributed by atoms with Crippen molar-refractivity contribution in [1.82, 2.24) is 4.90 Å². The van der Waals surface area contributed by atoms with Gasteiger partial charge in [0.2, 0.25) is 0 Å². The van der Waals surface area contributed by atoms with E-state index in [0.29, 0.717) is 24.9 Å². The molecule has 1 aliphatic heterocycles. The molecule has 36 heavy (non-hydrogen) atoms. The Hall–Kier alpha value is -3.26. The molecule has 4 nitrogen and oxygen atoms in total. The molecule has 4 rings (SSSR count). The molecule has 1 saturated heterocycles. The summed E-state index contributed by atoms with van der Waals surface area (Å²) in [6.45, 7) is 7.11. The van der Waals surface area contributed by atoms with Gasteiger partial charge in [-0.3, -0.25) is 9.69 Å². The molecule has 1 aliphatic rings. The molecule has 1 atom stereocenters. The maximum atomic E-state index is 12.9. The molecule has 4 heteroatoms. The van der Waals surface area contributed by atoms with Gasteiger partial charge in [-0.05, 0) is 56.7 Å². The van der Waals surface area contributed by atoms with Gasteiger partial charge < -0.3 is 5.11 Å². The van der Waals surface area contributed by atoms with Crippen LogP contribution in [0.25, 0.3) is 0 Å². The van der Waals surface area contributed by atoms with Crippen LogP contribution in [-0.4, -0.2) is 34.6 Å². The van der Waals surface area contributed by atoms with Crippen LogP contribution in [0.2, 0.25) is 0 Å². The van der Waals surface area contributed by atoms with Gasteiger partial charge in [0.05, 0.1) is 16.9 Å². The van der Waals surface area contributed by atoms with Crippen LogP contribution in [0.1, 0.15) is 73.5 Å². The molecule has 0 spiro atoms. The van der Waals surface area contributed by atoms with Crippen molar-refractivity contribution in [2.24, 2.45) is 0 Å². The van der Waals surface area contributed by atoms with E-state index in [1.165, 1.54) is 0 Å². The zero-order valence-corrected chi connectivity index (χ0v) is 21.6. The number of carbonyl (C=O) groups excluding carboxylic acids is 1. The first-order chi connectivity index (χ1) is 17.2. The smallest absolute Gasteiger partial charge is 0.162 e. The second-order valence-electron chi connectivity index (χ2n) is 10.6. The number of rotatable bonds is 8. The first-order valence-electron chi connectivity index (χ1n) is 12.9. The van der Waals surface area contributed by atoms with E-state index in [1.54, 1.807) is 0 Å². The summed E-state index contributed by atoms with van der Waals surface area (Å²) >= 11 is 0. The Labute approximate surface area is 215 Å². The fourth-order valence-electron chi connectivity index (χ4n) is 5.75. The van der Waals surface area contributed by atoms with Crippen LogP contribution in [0.3, 0.4) is 0 Å². The third-order valence-corrected chi connectivity index (χ3v) is 7.98. The number of hydrogen-bond donors (Lipinski definition) is 1. The van der Waals surface area contributed by atoms with Crippen molar-refractivity contribution < 1.29 is 9.90 Å². The van der Waals surface area contributed by atoms with E-state index in [9.17, 15) is 15.2 Å². The van der Waals surface area contributed by atoms with Crippen molar-refractivity contribution in [3.63, 3.8) is 0 Å². The Morgan fingerprint density at radius 3 is 2.06 bits per heavy atom. The van der Waals surface area contributed by atoms with E-state index in [0.717, 1.165) is 36.1 Å². The molecule has 0 amide bonds. The maximum absolute atomic E-state index is 12.9. The van der Waals surface area contributed by atoms with Crippen molar-refractivity contribution >= 4 is 5.78 Å². The van der Waals surface area contributed by atoms with Crippen LogP contribution in [0.15, 0.2) is 84.9 Å². The number of likely N-dealkylation sites (tertiary alicyclic amines) is 1. The van der Waals surface area contributed by atoms with Gasteiger partial charge in [0.15, 0.2) is 5.78 Å². The third-order valence-electron chi connectivity index (χ3n) is 7.98. The summed E-state index contributed by atoms with van der Waals surface area (Å²) in [4.78, 5) is 15.1. The van der Waals surface area contributed by atoms with Gasteiger partial charge in [-0.15, -0.1) is 0 Å². The number of nitrogens with zero attached hydrogens (tertiary/aromatic N) is 2. The van der Waals surface area contributed by atoms with Gasteiger partial charge in [-0.25, -0.2) is 0 Å². The van der Waals surface area contributed by atoms with Crippen molar-refractivity contribution in [2.75, 3.05) is 13.1 Å². The summed E-state index contributed by atoms with van der Waals surface area (Å²) in [6, 6.07) is 30.3. The molecule has 3 aromatic carbocycles. The normalized spacial score (nSPS) is 20.0. The first-order valence-corrected chi connectivity index (χ1v) is 12.9. The van der Waals surface area contributed by atoms with Crippen molar-refractivity contribution in [2.45, 2.75) is 63.0 Å². The highest BCUT2D eigenvalue weighted by molar-refractivity contribution is 5.96. The molecule has 1 fully saturated rings. The van der Waals surface area contributed by atoms with Gasteiger partial charge in [-0.2, -0.15) is 5.26 Å². The fourth-order valence-corrected chi connectivity index (χ4v) is 5.75. The van der Waals surface area contributed by atoms with Gasteiger partial charge in [-0.1, -0.05) is 84.9 Å². The van der Waals surface area contributed by atoms with Crippen molar-refractivity contribution in [3.8, 4) is 6.07 Å². The summed E-state index contributed by atoms with van der Waals surface area (Å²) in [6.07, 6.45) is 2.90. The number of benzene rings is 3. The van der Waals surface area contributed by atoms with E-state index >= 15 is 0 Å². The van der Waals surface area contributed by atoms with Crippen molar-refractivity contribution in [3.05, 3.63) is 107 Å². The van der Waals surface area contributed by atoms with Crippen molar-refractivity contribution in [1.29, 1.82) is 5.26 Å². The predicted molar refractivity (Wildman–Crippen MR) is 144 cm³/mol. The molecule has 0 aliphatic carbocycles. The Morgan fingerprint density at radius 2 is 1.53 bits per heavy atom. The molecule has 0 saturated carbocycles. The Morgan fingerprint density at radius 1 is 0.972 bits per heavy atom. The lowest BCUT2D eigenvalue weighted by molar-refractivity contribution is -0.161. The van der Waals surface area contributed by atoms with Gasteiger partial charge in [0, 0.05) is 25.1 Å². The molecule has 1 unspecified atom stereocenters. The second kappa shape index (κ2) is 10.4. The highest BCUT2D eigenvalue weighted by Crippen LogP contribution is 2.49. The fraction of sp³-hybridized carbons (Fsp3) is 0.375. The van der Waals surface area contributed by atoms with Gasteiger partial charge in [0.25, 0.3) is 0 Å². The number of ketones is 1. The molecule has 186 valence electrons. The predicted octanol–water partition coefficient (Wildman–Crippen LogP) is 6.24. The number of Topliss-reactive ketones (excluding diaryl/α,β-unsaturated/α-hetero) is 1. The van der Waals surface area contributed by atoms with E-state index < -0.39 is 16.6 Å². The van der Waals surface area contributed by atoms with Gasteiger partial charge in [0.1, 0.15) is 5.72 Å². The Bertz CT molecular complexity index is 1170. The van der Waals surface area contributed by atoms with Crippen LogP contribution in [0.4, 0.5) is 0 Å². The maximum Gasteiger partial charge on any atom is 0.162 e. The van der Waals surface area contributed by atoms with Crippen LogP contribution in [-0.2, 0) is 10.8 Å². The summed E-state index contributed by atoms with van der Waals surface area (Å²) < 4.78 is 0. The number of piperidine rings is 1. The second-order valence-corrected chi connectivity index (χ2v) is 10.6. The number of carbonyl (C=O) groups is 1. The minimum absolute atomic E-state index is 0.0883. The largest absolute Gasteiger partial charge is 0.375 e. The Kier molecular flexibility index (Phi) is 7.45. The van der Waals surface area contributed by atoms with E-state index in [4.69, 9.17) is 0 Å². The lowest BCUT2D eigenvalue weighted by Gasteiger charge is -2.55. The number of aliphatic hydroxyl groups is 1. The molecule has 1 heterocycles. The standard InChI is InChI=1S/C32H36N2O2/c1-30(2,24-33)26-19-17-25(18-20-26)29(35)16-10-22-34-23-11-21-32(31(34,3)36,27-12-6-4-7-13-27)28-14-8-5-9-15-28/h4-9,12-15,17-20,36H,10-11,16,21-23H2,1-3H3. The summed E-state index contributed by atoms with van der Waals surface area (Å²) in [5, 5.41) is 21.5. The molecule has 0 radical (unpaired) electrons. The highest BCUT2D eigenvalue weighted by Gasteiger charge is 2.54. The van der Waals surface area contributed by atoms with E-state index in [2.05, 4.69) is 35.2 Å². The average molecular weight is 481 g/mol. The quantitative estimate of drug-likeness (QED) is 0.388. The lowest BCUT2D eigenvalue weighted by atomic mass is 9.62. The third kappa shape index (κ3) is 4.74.